The summed E-state index contributed by atoms with van der Waals surface area (Å²) < 4.78 is 25.2. The molecule has 1 amide bonds. The summed E-state index contributed by atoms with van der Waals surface area (Å²) >= 11 is 0. The van der Waals surface area contributed by atoms with E-state index < -0.39 is 12.3 Å². The van der Waals surface area contributed by atoms with Crippen LogP contribution in [0.2, 0.25) is 0 Å². The van der Waals surface area contributed by atoms with Crippen LogP contribution in [0, 0.1) is 5.92 Å². The molecule has 74 valence electrons. The predicted molar refractivity (Wildman–Crippen MR) is 43.7 cm³/mol. The highest BCUT2D eigenvalue weighted by atomic mass is 19.1. The molecular weight excluding hydrogens is 176 g/mol. The normalized spacial score (nSPS) is 38.9. The van der Waals surface area contributed by atoms with Crippen molar-refractivity contribution in [1.82, 2.24) is 4.90 Å². The molecule has 0 unspecified atom stereocenters. The summed E-state index contributed by atoms with van der Waals surface area (Å²) in [7, 11) is 0. The molecule has 0 N–H and O–H groups in total. The fourth-order valence-corrected chi connectivity index (χ4v) is 1.93. The van der Waals surface area contributed by atoms with Crippen LogP contribution in [-0.4, -0.2) is 36.2 Å². The third-order valence-electron chi connectivity index (χ3n) is 2.87. The number of likely N-dealkylation sites (tertiary alicyclic amines) is 1. The lowest BCUT2D eigenvalue weighted by Crippen LogP contribution is -2.41. The maximum absolute atomic E-state index is 12.7. The van der Waals surface area contributed by atoms with E-state index in [1.165, 1.54) is 4.90 Å². The van der Waals surface area contributed by atoms with Gasteiger partial charge in [-0.1, -0.05) is 0 Å². The molecule has 1 saturated heterocycles. The Balaban J connectivity index is 1.84. The van der Waals surface area contributed by atoms with Crippen LogP contribution in [-0.2, 0) is 4.79 Å². The van der Waals surface area contributed by atoms with Gasteiger partial charge in [0, 0.05) is 12.5 Å². The maximum Gasteiger partial charge on any atom is 0.225 e. The van der Waals surface area contributed by atoms with E-state index in [4.69, 9.17) is 0 Å². The average Bonchev–Trinajstić information content (AvgIpc) is 2.45. The van der Waals surface area contributed by atoms with Gasteiger partial charge in [0.05, 0.1) is 6.54 Å². The van der Waals surface area contributed by atoms with Crippen molar-refractivity contribution in [2.45, 2.75) is 31.6 Å². The van der Waals surface area contributed by atoms with Gasteiger partial charge in [0.25, 0.3) is 0 Å². The highest BCUT2D eigenvalue weighted by Crippen LogP contribution is 2.32. The lowest BCUT2D eigenvalue weighted by molar-refractivity contribution is -0.139. The van der Waals surface area contributed by atoms with E-state index in [1.807, 2.05) is 0 Å². The molecule has 1 atom stereocenters. The standard InChI is InChI=1S/C9H13F2NO/c10-7-1-2-12(5-7)9(13)6-3-8(11)4-6/h6-8H,1-5H2/t6?,7-,8?/m1/s1. The number of rotatable bonds is 1. The van der Waals surface area contributed by atoms with Crippen molar-refractivity contribution < 1.29 is 13.6 Å². The zero-order valence-corrected chi connectivity index (χ0v) is 7.38. The van der Waals surface area contributed by atoms with Gasteiger partial charge in [-0.25, -0.2) is 8.78 Å². The smallest absolute Gasteiger partial charge is 0.225 e. The van der Waals surface area contributed by atoms with Crippen molar-refractivity contribution in [3.8, 4) is 0 Å². The molecule has 2 aliphatic rings. The lowest BCUT2D eigenvalue weighted by Gasteiger charge is -2.31. The minimum absolute atomic E-state index is 0.0472. The van der Waals surface area contributed by atoms with Gasteiger partial charge in [-0.15, -0.1) is 0 Å². The van der Waals surface area contributed by atoms with Gasteiger partial charge in [0.2, 0.25) is 5.91 Å². The Morgan fingerprint density at radius 3 is 2.38 bits per heavy atom. The summed E-state index contributed by atoms with van der Waals surface area (Å²) in [5.41, 5.74) is 0. The van der Waals surface area contributed by atoms with Crippen molar-refractivity contribution in [3.05, 3.63) is 0 Å². The third kappa shape index (κ3) is 1.67. The Bertz CT molecular complexity index is 216. The van der Waals surface area contributed by atoms with Gasteiger partial charge < -0.3 is 4.90 Å². The minimum Gasteiger partial charge on any atom is -0.339 e. The SMILES string of the molecule is O=C(C1CC(F)C1)N1CC[C@@H](F)C1. The largest absolute Gasteiger partial charge is 0.339 e. The minimum atomic E-state index is -0.870. The number of hydrogen-bond donors (Lipinski definition) is 0. The lowest BCUT2D eigenvalue weighted by atomic mass is 9.82. The molecular formula is C9H13F2NO. The molecule has 2 nitrogen and oxygen atoms in total. The molecule has 13 heavy (non-hydrogen) atoms. The molecule has 0 radical (unpaired) electrons. The average molecular weight is 189 g/mol. The Kier molecular flexibility index (Phi) is 2.22. The molecule has 4 heteroatoms. The highest BCUT2D eigenvalue weighted by Gasteiger charge is 2.38. The predicted octanol–water partition coefficient (Wildman–Crippen LogP) is 1.30. The third-order valence-corrected chi connectivity index (χ3v) is 2.87. The fraction of sp³-hybridized carbons (Fsp3) is 0.889. The summed E-state index contributed by atoms with van der Waals surface area (Å²) in [4.78, 5) is 13.0. The quantitative estimate of drug-likeness (QED) is 0.609. The molecule has 0 spiro atoms. The van der Waals surface area contributed by atoms with E-state index in [2.05, 4.69) is 0 Å². The molecule has 1 aliphatic heterocycles. The van der Waals surface area contributed by atoms with Gasteiger partial charge in [-0.3, -0.25) is 4.79 Å². The molecule has 0 aromatic carbocycles. The van der Waals surface area contributed by atoms with Gasteiger partial charge in [0.15, 0.2) is 0 Å². The van der Waals surface area contributed by atoms with Crippen LogP contribution in [0.3, 0.4) is 0 Å². The molecule has 2 rings (SSSR count). The molecule has 0 aromatic heterocycles. The number of hydrogen-bond acceptors (Lipinski definition) is 1. The van der Waals surface area contributed by atoms with Crippen LogP contribution in [0.25, 0.3) is 0 Å². The van der Waals surface area contributed by atoms with Crippen molar-refractivity contribution in [2.24, 2.45) is 5.92 Å². The monoisotopic (exact) mass is 189 g/mol. The summed E-state index contributed by atoms with van der Waals surface area (Å²) in [5, 5.41) is 0. The Labute approximate surface area is 75.9 Å². The van der Waals surface area contributed by atoms with Crippen molar-refractivity contribution >= 4 is 5.91 Å². The van der Waals surface area contributed by atoms with Crippen LogP contribution in [0.4, 0.5) is 8.78 Å². The van der Waals surface area contributed by atoms with Crippen LogP contribution < -0.4 is 0 Å². The number of halogens is 2. The first-order valence-electron chi connectivity index (χ1n) is 4.73. The van der Waals surface area contributed by atoms with Gasteiger partial charge in [-0.2, -0.15) is 0 Å². The number of alkyl halides is 2. The zero-order valence-electron chi connectivity index (χ0n) is 7.38. The van der Waals surface area contributed by atoms with Crippen LogP contribution in [0.5, 0.6) is 0 Å². The topological polar surface area (TPSA) is 20.3 Å². The molecule has 1 heterocycles. The van der Waals surface area contributed by atoms with Gasteiger partial charge >= 0.3 is 0 Å². The summed E-state index contributed by atoms with van der Waals surface area (Å²) in [6.45, 7) is 0.722. The fourth-order valence-electron chi connectivity index (χ4n) is 1.93. The molecule has 2 fully saturated rings. The Morgan fingerprint density at radius 1 is 1.23 bits per heavy atom. The number of nitrogens with zero attached hydrogens (tertiary/aromatic N) is 1. The second-order valence-electron chi connectivity index (χ2n) is 3.94. The van der Waals surface area contributed by atoms with Crippen molar-refractivity contribution in [2.75, 3.05) is 13.1 Å². The van der Waals surface area contributed by atoms with Crippen LogP contribution in [0.15, 0.2) is 0 Å². The first-order chi connectivity index (χ1) is 6.16. The van der Waals surface area contributed by atoms with Gasteiger partial charge in [0.1, 0.15) is 12.3 Å². The highest BCUT2D eigenvalue weighted by molar-refractivity contribution is 5.80. The number of carbonyl (C=O) groups is 1. The molecule has 0 bridgehead atoms. The van der Waals surface area contributed by atoms with E-state index in [9.17, 15) is 13.6 Å². The Hall–Kier alpha value is -0.670. The number of carbonyl (C=O) groups excluding carboxylic acids is 1. The van der Waals surface area contributed by atoms with Gasteiger partial charge in [-0.05, 0) is 19.3 Å². The van der Waals surface area contributed by atoms with E-state index in [0.29, 0.717) is 25.8 Å². The first-order valence-corrected chi connectivity index (χ1v) is 4.73. The Morgan fingerprint density at radius 2 is 1.92 bits per heavy atom. The second kappa shape index (κ2) is 3.24. The second-order valence-corrected chi connectivity index (χ2v) is 3.94. The first kappa shape index (κ1) is 8.91. The van der Waals surface area contributed by atoms with E-state index >= 15 is 0 Å². The van der Waals surface area contributed by atoms with E-state index in [1.54, 1.807) is 0 Å². The molecule has 0 aromatic rings. The molecule has 1 aliphatic carbocycles. The summed E-state index contributed by atoms with van der Waals surface area (Å²) in [6.07, 6.45) is -0.557. The van der Waals surface area contributed by atoms with E-state index in [0.717, 1.165) is 0 Å². The number of amides is 1. The molecule has 1 saturated carbocycles. The summed E-state index contributed by atoms with van der Waals surface area (Å²) in [5.74, 6) is -0.214. The van der Waals surface area contributed by atoms with E-state index in [-0.39, 0.29) is 18.4 Å². The van der Waals surface area contributed by atoms with Crippen LogP contribution in [0.1, 0.15) is 19.3 Å². The maximum atomic E-state index is 12.7. The zero-order chi connectivity index (χ0) is 9.42. The summed E-state index contributed by atoms with van der Waals surface area (Å²) in [6, 6.07) is 0. The van der Waals surface area contributed by atoms with Crippen molar-refractivity contribution in [1.29, 1.82) is 0 Å². The van der Waals surface area contributed by atoms with Crippen molar-refractivity contribution in [3.63, 3.8) is 0 Å². The van der Waals surface area contributed by atoms with Crippen LogP contribution >= 0.6 is 0 Å².